The highest BCUT2D eigenvalue weighted by Gasteiger charge is 2.10. The summed E-state index contributed by atoms with van der Waals surface area (Å²) in [5, 5.41) is 0. The third-order valence-corrected chi connectivity index (χ3v) is 3.81. The predicted molar refractivity (Wildman–Crippen MR) is 82.9 cm³/mol. The molecule has 1 aromatic rings. The van der Waals surface area contributed by atoms with Crippen molar-refractivity contribution in [1.29, 1.82) is 0 Å². The number of hydrogen-bond acceptors (Lipinski definition) is 4. The zero-order chi connectivity index (χ0) is 15.0. The van der Waals surface area contributed by atoms with Crippen molar-refractivity contribution in [3.8, 4) is 0 Å². The summed E-state index contributed by atoms with van der Waals surface area (Å²) in [4.78, 5) is 13.8. The van der Waals surface area contributed by atoms with Gasteiger partial charge in [0.05, 0.1) is 19.3 Å². The molecule has 0 saturated carbocycles. The van der Waals surface area contributed by atoms with Gasteiger partial charge in [-0.15, -0.1) is 0 Å². The molecule has 0 atom stereocenters. The van der Waals surface area contributed by atoms with Crippen LogP contribution < -0.4 is 0 Å². The van der Waals surface area contributed by atoms with Crippen LogP contribution in [0, 0.1) is 0 Å². The van der Waals surface area contributed by atoms with Crippen LogP contribution in [0.5, 0.6) is 0 Å². The average molecular weight is 344 g/mol. The number of methoxy groups -OCH3 is 1. The lowest BCUT2D eigenvalue weighted by Crippen LogP contribution is -2.27. The van der Waals surface area contributed by atoms with Crippen LogP contribution in [0.1, 0.15) is 29.8 Å². The first-order valence-corrected chi connectivity index (χ1v) is 7.58. The van der Waals surface area contributed by atoms with Crippen molar-refractivity contribution in [2.24, 2.45) is 0 Å². The van der Waals surface area contributed by atoms with E-state index in [0.717, 1.165) is 42.9 Å². The summed E-state index contributed by atoms with van der Waals surface area (Å²) in [6, 6.07) is 5.56. The van der Waals surface area contributed by atoms with E-state index in [0.29, 0.717) is 5.56 Å². The SMILES string of the molecule is CCOCCN(CC)Cc1ccc(C(=O)OC)cc1Br. The van der Waals surface area contributed by atoms with Crippen LogP contribution in [0.2, 0.25) is 0 Å². The van der Waals surface area contributed by atoms with Crippen molar-refractivity contribution >= 4 is 21.9 Å². The van der Waals surface area contributed by atoms with E-state index in [9.17, 15) is 4.79 Å². The molecule has 0 unspecified atom stereocenters. The fourth-order valence-electron chi connectivity index (χ4n) is 1.85. The van der Waals surface area contributed by atoms with E-state index in [4.69, 9.17) is 9.47 Å². The molecule has 112 valence electrons. The molecular weight excluding hydrogens is 322 g/mol. The van der Waals surface area contributed by atoms with E-state index >= 15 is 0 Å². The Balaban J connectivity index is 2.68. The topological polar surface area (TPSA) is 38.8 Å². The highest BCUT2D eigenvalue weighted by molar-refractivity contribution is 9.10. The van der Waals surface area contributed by atoms with Crippen LogP contribution in [0.4, 0.5) is 0 Å². The van der Waals surface area contributed by atoms with E-state index in [2.05, 4.69) is 27.8 Å². The fraction of sp³-hybridized carbons (Fsp3) is 0.533. The summed E-state index contributed by atoms with van der Waals surface area (Å²) >= 11 is 3.52. The van der Waals surface area contributed by atoms with Gasteiger partial charge in [0.25, 0.3) is 0 Å². The molecule has 0 aromatic heterocycles. The maximum absolute atomic E-state index is 11.5. The summed E-state index contributed by atoms with van der Waals surface area (Å²) in [7, 11) is 1.39. The van der Waals surface area contributed by atoms with Crippen molar-refractivity contribution in [3.63, 3.8) is 0 Å². The number of ether oxygens (including phenoxy) is 2. The number of rotatable bonds is 8. The van der Waals surface area contributed by atoms with E-state index < -0.39 is 0 Å². The number of carbonyl (C=O) groups is 1. The van der Waals surface area contributed by atoms with E-state index in [-0.39, 0.29) is 5.97 Å². The van der Waals surface area contributed by atoms with Crippen LogP contribution in [0.3, 0.4) is 0 Å². The Labute approximate surface area is 129 Å². The predicted octanol–water partition coefficient (Wildman–Crippen LogP) is 3.09. The molecule has 0 amide bonds. The van der Waals surface area contributed by atoms with Gasteiger partial charge in [0.15, 0.2) is 0 Å². The standard InChI is InChI=1S/C15H22BrNO3/c1-4-17(8-9-20-5-2)11-13-7-6-12(10-14(13)16)15(18)19-3/h6-7,10H,4-5,8-9,11H2,1-3H3. The first-order valence-electron chi connectivity index (χ1n) is 6.79. The van der Waals surface area contributed by atoms with Crippen LogP contribution in [-0.2, 0) is 16.0 Å². The second-order valence-corrected chi connectivity index (χ2v) is 5.22. The summed E-state index contributed by atoms with van der Waals surface area (Å²) in [6.07, 6.45) is 0. The van der Waals surface area contributed by atoms with Crippen molar-refractivity contribution in [2.45, 2.75) is 20.4 Å². The molecule has 0 aliphatic heterocycles. The molecule has 0 radical (unpaired) electrons. The van der Waals surface area contributed by atoms with Gasteiger partial charge in [-0.1, -0.05) is 28.9 Å². The molecule has 0 spiro atoms. The Morgan fingerprint density at radius 1 is 1.35 bits per heavy atom. The van der Waals surface area contributed by atoms with Crippen LogP contribution in [-0.4, -0.2) is 44.3 Å². The fourth-order valence-corrected chi connectivity index (χ4v) is 2.35. The van der Waals surface area contributed by atoms with Crippen LogP contribution in [0.15, 0.2) is 22.7 Å². The number of nitrogens with zero attached hydrogens (tertiary/aromatic N) is 1. The molecule has 0 aliphatic carbocycles. The largest absolute Gasteiger partial charge is 0.465 e. The molecule has 0 heterocycles. The maximum atomic E-state index is 11.5. The third-order valence-electron chi connectivity index (χ3n) is 3.07. The Hall–Kier alpha value is -0.910. The monoisotopic (exact) mass is 343 g/mol. The molecular formula is C15H22BrNO3. The quantitative estimate of drug-likeness (QED) is 0.537. The minimum atomic E-state index is -0.319. The first kappa shape index (κ1) is 17.1. The van der Waals surface area contributed by atoms with E-state index in [1.807, 2.05) is 13.0 Å². The molecule has 20 heavy (non-hydrogen) atoms. The average Bonchev–Trinajstić information content (AvgIpc) is 2.47. The normalized spacial score (nSPS) is 10.8. The van der Waals surface area contributed by atoms with Crippen molar-refractivity contribution in [2.75, 3.05) is 33.4 Å². The van der Waals surface area contributed by atoms with Gasteiger partial charge in [0.1, 0.15) is 0 Å². The molecule has 4 nitrogen and oxygen atoms in total. The second-order valence-electron chi connectivity index (χ2n) is 4.36. The highest BCUT2D eigenvalue weighted by atomic mass is 79.9. The molecule has 0 fully saturated rings. The molecule has 0 bridgehead atoms. The molecule has 1 aromatic carbocycles. The van der Waals surface area contributed by atoms with Gasteiger partial charge in [-0.3, -0.25) is 4.90 Å². The van der Waals surface area contributed by atoms with Gasteiger partial charge < -0.3 is 9.47 Å². The van der Waals surface area contributed by atoms with Crippen molar-refractivity contribution in [1.82, 2.24) is 4.90 Å². The van der Waals surface area contributed by atoms with Gasteiger partial charge in [-0.05, 0) is 31.2 Å². The number of carbonyl (C=O) groups excluding carboxylic acids is 1. The number of halogens is 1. The van der Waals surface area contributed by atoms with Crippen molar-refractivity contribution in [3.05, 3.63) is 33.8 Å². The maximum Gasteiger partial charge on any atom is 0.337 e. The van der Waals surface area contributed by atoms with Crippen LogP contribution >= 0.6 is 15.9 Å². The third kappa shape index (κ3) is 5.23. The van der Waals surface area contributed by atoms with Gasteiger partial charge in [-0.25, -0.2) is 4.79 Å². The van der Waals surface area contributed by atoms with Crippen LogP contribution in [0.25, 0.3) is 0 Å². The number of hydrogen-bond donors (Lipinski definition) is 0. The Kier molecular flexibility index (Phi) is 7.80. The smallest absolute Gasteiger partial charge is 0.337 e. The number of benzene rings is 1. The van der Waals surface area contributed by atoms with Gasteiger partial charge >= 0.3 is 5.97 Å². The van der Waals surface area contributed by atoms with E-state index in [1.165, 1.54) is 7.11 Å². The minimum Gasteiger partial charge on any atom is -0.465 e. The Morgan fingerprint density at radius 3 is 2.65 bits per heavy atom. The zero-order valence-corrected chi connectivity index (χ0v) is 13.9. The first-order chi connectivity index (χ1) is 9.62. The number of likely N-dealkylation sites (N-methyl/N-ethyl adjacent to an activating group) is 1. The molecule has 0 aliphatic rings. The molecule has 0 N–H and O–H groups in total. The second kappa shape index (κ2) is 9.10. The number of esters is 1. The summed E-state index contributed by atoms with van der Waals surface area (Å²) in [6.45, 7) is 8.29. The summed E-state index contributed by atoms with van der Waals surface area (Å²) in [5.41, 5.74) is 1.71. The van der Waals surface area contributed by atoms with Gasteiger partial charge in [0, 0.05) is 24.2 Å². The molecule has 1 rings (SSSR count). The highest BCUT2D eigenvalue weighted by Crippen LogP contribution is 2.20. The minimum absolute atomic E-state index is 0.319. The zero-order valence-electron chi connectivity index (χ0n) is 12.3. The Morgan fingerprint density at radius 2 is 2.10 bits per heavy atom. The van der Waals surface area contributed by atoms with E-state index in [1.54, 1.807) is 12.1 Å². The van der Waals surface area contributed by atoms with Gasteiger partial charge in [-0.2, -0.15) is 0 Å². The Bertz CT molecular complexity index is 437. The summed E-state index contributed by atoms with van der Waals surface area (Å²) in [5.74, 6) is -0.319. The molecule has 0 saturated heterocycles. The lowest BCUT2D eigenvalue weighted by molar-refractivity contribution is 0.0600. The lowest BCUT2D eigenvalue weighted by atomic mass is 10.1. The van der Waals surface area contributed by atoms with Gasteiger partial charge in [0.2, 0.25) is 0 Å². The molecule has 5 heteroatoms. The van der Waals surface area contributed by atoms with Crippen molar-refractivity contribution < 1.29 is 14.3 Å². The lowest BCUT2D eigenvalue weighted by Gasteiger charge is -2.21. The summed E-state index contributed by atoms with van der Waals surface area (Å²) < 4.78 is 11.0.